The summed E-state index contributed by atoms with van der Waals surface area (Å²) in [6.45, 7) is 0. The average Bonchev–Trinajstić information content (AvgIpc) is 2.79. The van der Waals surface area contributed by atoms with Crippen molar-refractivity contribution in [1.82, 2.24) is 0 Å². The predicted molar refractivity (Wildman–Crippen MR) is 90.1 cm³/mol. The Kier molecular flexibility index (Phi) is 3.93. The largest absolute Gasteiger partial charge is 0.385 e. The van der Waals surface area contributed by atoms with Gasteiger partial charge in [-0.25, -0.2) is 0 Å². The van der Waals surface area contributed by atoms with Crippen LogP contribution in [0.5, 0.6) is 0 Å². The van der Waals surface area contributed by atoms with Crippen molar-refractivity contribution in [2.45, 2.75) is 81.2 Å². The lowest BCUT2D eigenvalue weighted by atomic mass is 9.57. The predicted octanol–water partition coefficient (Wildman–Crippen LogP) is 3.47. The minimum absolute atomic E-state index is 0.162. The van der Waals surface area contributed by atoms with Gasteiger partial charge in [0.15, 0.2) is 0 Å². The van der Waals surface area contributed by atoms with Gasteiger partial charge in [0.2, 0.25) is 0 Å². The van der Waals surface area contributed by atoms with Crippen LogP contribution in [-0.4, -0.2) is 28.0 Å². The number of nitrogens with zero attached hydrogens (tertiary/aromatic N) is 1. The monoisotopic (exact) mass is 324 g/mol. The fourth-order valence-corrected chi connectivity index (χ4v) is 6.47. The maximum Gasteiger partial charge on any atom is 0.129 e. The summed E-state index contributed by atoms with van der Waals surface area (Å²) in [4.78, 5) is 4.70. The van der Waals surface area contributed by atoms with E-state index in [1.54, 1.807) is 0 Å². The molecule has 0 spiro atoms. The maximum absolute atomic E-state index is 11.7. The molecule has 7 atom stereocenters. The first-order chi connectivity index (χ1) is 10.6. The van der Waals surface area contributed by atoms with Gasteiger partial charge in [-0.15, -0.1) is 11.6 Å². The van der Waals surface area contributed by atoms with Crippen molar-refractivity contribution in [2.75, 3.05) is 0 Å². The van der Waals surface area contributed by atoms with Gasteiger partial charge in [0, 0.05) is 11.3 Å². The molecule has 1 aliphatic heterocycles. The summed E-state index contributed by atoms with van der Waals surface area (Å²) in [5.74, 6) is 2.46. The van der Waals surface area contributed by atoms with Crippen LogP contribution in [0.3, 0.4) is 0 Å². The summed E-state index contributed by atoms with van der Waals surface area (Å²) in [6.07, 6.45) is 11.9. The number of amidine groups is 1. The highest BCUT2D eigenvalue weighted by Crippen LogP contribution is 2.54. The minimum Gasteiger partial charge on any atom is -0.385 e. The zero-order valence-corrected chi connectivity index (χ0v) is 14.1. The fourth-order valence-electron chi connectivity index (χ4n) is 6.15. The molecule has 0 aromatic heterocycles. The van der Waals surface area contributed by atoms with E-state index in [-0.39, 0.29) is 17.3 Å². The Hall–Kier alpha value is -0.280. The molecular weight excluding hydrogens is 296 g/mol. The van der Waals surface area contributed by atoms with E-state index in [1.165, 1.54) is 38.5 Å². The van der Waals surface area contributed by atoms with Crippen LogP contribution in [0.25, 0.3) is 0 Å². The first kappa shape index (κ1) is 15.3. The third kappa shape index (κ3) is 2.23. The zero-order chi connectivity index (χ0) is 15.3. The van der Waals surface area contributed by atoms with Gasteiger partial charge < -0.3 is 10.8 Å². The lowest BCUT2D eigenvalue weighted by Gasteiger charge is -2.50. The van der Waals surface area contributed by atoms with E-state index in [0.717, 1.165) is 31.6 Å². The summed E-state index contributed by atoms with van der Waals surface area (Å²) in [5.41, 5.74) is 5.45. The van der Waals surface area contributed by atoms with Crippen molar-refractivity contribution in [2.24, 2.45) is 34.4 Å². The normalized spacial score (nSPS) is 51.8. The number of hydrogen-bond donors (Lipinski definition) is 2. The number of alkyl halides is 1. The second-order valence-corrected chi connectivity index (χ2v) is 8.79. The number of fused-ring (bicyclic) bond motifs is 2. The van der Waals surface area contributed by atoms with Crippen LogP contribution in [0.1, 0.15) is 64.2 Å². The summed E-state index contributed by atoms with van der Waals surface area (Å²) >= 11 is 6.43. The Morgan fingerprint density at radius 3 is 2.64 bits per heavy atom. The average molecular weight is 325 g/mol. The summed E-state index contributed by atoms with van der Waals surface area (Å²) < 4.78 is 0. The SMILES string of the molecule is NC1=NC2CCC(Cl)CC2C1(O)C1CCCC2CCCCC21. The Labute approximate surface area is 138 Å². The van der Waals surface area contributed by atoms with Crippen molar-refractivity contribution in [3.8, 4) is 0 Å². The molecule has 3 fully saturated rings. The molecule has 0 bridgehead atoms. The molecule has 22 heavy (non-hydrogen) atoms. The molecule has 124 valence electrons. The van der Waals surface area contributed by atoms with Crippen LogP contribution in [0.15, 0.2) is 4.99 Å². The second-order valence-electron chi connectivity index (χ2n) is 8.17. The molecule has 4 rings (SSSR count). The van der Waals surface area contributed by atoms with Gasteiger partial charge in [-0.3, -0.25) is 4.99 Å². The molecule has 3 N–H and O–H groups in total. The maximum atomic E-state index is 11.7. The smallest absolute Gasteiger partial charge is 0.129 e. The lowest BCUT2D eigenvalue weighted by Crippen LogP contribution is -2.58. The van der Waals surface area contributed by atoms with Crippen LogP contribution in [-0.2, 0) is 0 Å². The van der Waals surface area contributed by atoms with Gasteiger partial charge in [-0.2, -0.15) is 0 Å². The molecule has 4 heteroatoms. The number of nitrogens with two attached hydrogens (primary N) is 1. The van der Waals surface area contributed by atoms with Gasteiger partial charge in [0.1, 0.15) is 11.4 Å². The van der Waals surface area contributed by atoms with Gasteiger partial charge in [-0.1, -0.05) is 32.1 Å². The molecule has 3 aliphatic carbocycles. The van der Waals surface area contributed by atoms with E-state index in [1.807, 2.05) is 0 Å². The van der Waals surface area contributed by atoms with Crippen molar-refractivity contribution >= 4 is 17.4 Å². The number of aliphatic hydroxyl groups is 1. The Bertz CT molecular complexity index is 466. The number of hydrogen-bond acceptors (Lipinski definition) is 3. The van der Waals surface area contributed by atoms with Gasteiger partial charge in [-0.05, 0) is 49.9 Å². The van der Waals surface area contributed by atoms with E-state index < -0.39 is 5.60 Å². The van der Waals surface area contributed by atoms with Crippen LogP contribution in [0.2, 0.25) is 0 Å². The number of aliphatic imine (C=N–C) groups is 1. The highest BCUT2D eigenvalue weighted by molar-refractivity contribution is 6.20. The minimum atomic E-state index is -0.876. The first-order valence-electron chi connectivity index (χ1n) is 9.31. The van der Waals surface area contributed by atoms with Crippen LogP contribution in [0.4, 0.5) is 0 Å². The Balaban J connectivity index is 1.65. The van der Waals surface area contributed by atoms with Gasteiger partial charge >= 0.3 is 0 Å². The van der Waals surface area contributed by atoms with Crippen molar-refractivity contribution in [1.29, 1.82) is 0 Å². The van der Waals surface area contributed by atoms with Crippen molar-refractivity contribution < 1.29 is 5.11 Å². The molecule has 0 radical (unpaired) electrons. The van der Waals surface area contributed by atoms with Gasteiger partial charge in [0.25, 0.3) is 0 Å². The Morgan fingerprint density at radius 1 is 1.00 bits per heavy atom. The van der Waals surface area contributed by atoms with Crippen LogP contribution in [0, 0.1) is 23.7 Å². The van der Waals surface area contributed by atoms with E-state index in [0.29, 0.717) is 17.7 Å². The second kappa shape index (κ2) is 5.66. The third-order valence-electron chi connectivity index (χ3n) is 7.17. The van der Waals surface area contributed by atoms with Gasteiger partial charge in [0.05, 0.1) is 6.04 Å². The molecule has 7 unspecified atom stereocenters. The quantitative estimate of drug-likeness (QED) is 0.725. The Morgan fingerprint density at radius 2 is 1.77 bits per heavy atom. The molecule has 0 aromatic rings. The molecule has 3 saturated carbocycles. The highest BCUT2D eigenvalue weighted by atomic mass is 35.5. The first-order valence-corrected chi connectivity index (χ1v) is 9.74. The number of rotatable bonds is 1. The van der Waals surface area contributed by atoms with E-state index >= 15 is 0 Å². The molecule has 0 saturated heterocycles. The topological polar surface area (TPSA) is 58.6 Å². The number of halogens is 1. The van der Waals surface area contributed by atoms with Crippen LogP contribution >= 0.6 is 11.6 Å². The molecular formula is C18H29ClN2O. The van der Waals surface area contributed by atoms with Crippen LogP contribution < -0.4 is 5.73 Å². The zero-order valence-electron chi connectivity index (χ0n) is 13.4. The highest BCUT2D eigenvalue weighted by Gasteiger charge is 2.58. The summed E-state index contributed by atoms with van der Waals surface area (Å²) in [6, 6.07) is 0.212. The van der Waals surface area contributed by atoms with E-state index in [9.17, 15) is 5.11 Å². The van der Waals surface area contributed by atoms with E-state index in [2.05, 4.69) is 0 Å². The standard InChI is InChI=1S/C18H29ClN2O/c19-12-8-9-16-15(10-12)18(22,17(20)21-16)14-7-3-5-11-4-1-2-6-13(11)14/h11-16,22H,1-10H2,(H2,20,21). The summed E-state index contributed by atoms with van der Waals surface area (Å²) in [5, 5.41) is 11.9. The molecule has 1 heterocycles. The van der Waals surface area contributed by atoms with Crippen molar-refractivity contribution in [3.63, 3.8) is 0 Å². The summed E-state index contributed by atoms with van der Waals surface area (Å²) in [7, 11) is 0. The van der Waals surface area contributed by atoms with E-state index in [4.69, 9.17) is 22.3 Å². The third-order valence-corrected chi connectivity index (χ3v) is 7.57. The van der Waals surface area contributed by atoms with Crippen molar-refractivity contribution in [3.05, 3.63) is 0 Å². The lowest BCUT2D eigenvalue weighted by molar-refractivity contribution is -0.0734. The molecule has 3 nitrogen and oxygen atoms in total. The molecule has 4 aliphatic rings. The molecule has 0 amide bonds. The fraction of sp³-hybridized carbons (Fsp3) is 0.944. The molecule has 0 aromatic carbocycles.